The molecule has 0 spiro atoms. The van der Waals surface area contributed by atoms with Gasteiger partial charge in [-0.1, -0.05) is 6.07 Å². The first-order chi connectivity index (χ1) is 7.66. The first kappa shape index (κ1) is 11.1. The fourth-order valence-corrected chi connectivity index (χ4v) is 1.87. The summed E-state index contributed by atoms with van der Waals surface area (Å²) in [5.41, 5.74) is 0.808. The normalized spacial score (nSPS) is 12.7. The Balaban J connectivity index is 2.14. The van der Waals surface area contributed by atoms with Gasteiger partial charge in [-0.15, -0.1) is 10.2 Å². The Labute approximate surface area is 97.5 Å². The van der Waals surface area contributed by atoms with Gasteiger partial charge in [0.15, 0.2) is 5.16 Å². The maximum Gasteiger partial charge on any atom is 0.197 e. The van der Waals surface area contributed by atoms with Gasteiger partial charge in [0.25, 0.3) is 0 Å². The summed E-state index contributed by atoms with van der Waals surface area (Å²) < 4.78 is 1.83. The van der Waals surface area contributed by atoms with Crippen molar-refractivity contribution in [1.82, 2.24) is 19.7 Å². The van der Waals surface area contributed by atoms with Crippen molar-refractivity contribution in [2.24, 2.45) is 7.05 Å². The van der Waals surface area contributed by atoms with Crippen LogP contribution in [0.2, 0.25) is 0 Å². The van der Waals surface area contributed by atoms with Crippen LogP contribution in [0.5, 0.6) is 0 Å². The van der Waals surface area contributed by atoms with E-state index in [2.05, 4.69) is 15.2 Å². The van der Waals surface area contributed by atoms with Crippen molar-refractivity contribution < 1.29 is 5.11 Å². The van der Waals surface area contributed by atoms with Crippen LogP contribution in [-0.4, -0.2) is 24.9 Å². The molecule has 0 radical (unpaired) electrons. The number of pyridine rings is 1. The van der Waals surface area contributed by atoms with Crippen LogP contribution in [0, 0.1) is 0 Å². The van der Waals surface area contributed by atoms with Crippen LogP contribution in [0.15, 0.2) is 34.8 Å². The molecule has 16 heavy (non-hydrogen) atoms. The van der Waals surface area contributed by atoms with Crippen LogP contribution in [0.3, 0.4) is 0 Å². The average Bonchev–Trinajstić information content (AvgIpc) is 2.65. The number of hydrogen-bond acceptors (Lipinski definition) is 5. The molecule has 2 heterocycles. The highest BCUT2D eigenvalue weighted by atomic mass is 32.2. The molecule has 0 aliphatic carbocycles. The third-order valence-electron chi connectivity index (χ3n) is 2.11. The molecule has 0 fully saturated rings. The third kappa shape index (κ3) is 2.40. The zero-order chi connectivity index (χ0) is 11.5. The van der Waals surface area contributed by atoms with Crippen molar-refractivity contribution in [2.75, 3.05) is 0 Å². The third-order valence-corrected chi connectivity index (χ3v) is 3.11. The number of aliphatic hydroxyl groups is 1. The van der Waals surface area contributed by atoms with E-state index in [1.165, 1.54) is 11.8 Å². The van der Waals surface area contributed by atoms with Crippen LogP contribution in [0.1, 0.15) is 18.6 Å². The number of aliphatic hydroxyl groups excluding tert-OH is 1. The number of aryl methyl sites for hydroxylation is 1. The summed E-state index contributed by atoms with van der Waals surface area (Å²) in [6, 6.07) is 3.72. The van der Waals surface area contributed by atoms with Gasteiger partial charge >= 0.3 is 0 Å². The van der Waals surface area contributed by atoms with Gasteiger partial charge in [0.2, 0.25) is 0 Å². The molecule has 0 amide bonds. The smallest absolute Gasteiger partial charge is 0.197 e. The van der Waals surface area contributed by atoms with Crippen LogP contribution in [-0.2, 0) is 7.05 Å². The number of rotatable bonds is 3. The van der Waals surface area contributed by atoms with E-state index in [1.807, 2.05) is 23.7 Å². The van der Waals surface area contributed by atoms with Gasteiger partial charge in [0, 0.05) is 13.2 Å². The summed E-state index contributed by atoms with van der Waals surface area (Å²) >= 11 is 1.44. The molecule has 2 aromatic rings. The van der Waals surface area contributed by atoms with E-state index in [0.29, 0.717) is 0 Å². The lowest BCUT2D eigenvalue weighted by Crippen LogP contribution is -1.93. The maximum atomic E-state index is 9.34. The molecule has 2 rings (SSSR count). The van der Waals surface area contributed by atoms with E-state index in [4.69, 9.17) is 0 Å². The zero-order valence-corrected chi connectivity index (χ0v) is 9.85. The highest BCUT2D eigenvalue weighted by molar-refractivity contribution is 7.99. The van der Waals surface area contributed by atoms with Gasteiger partial charge in [-0.05, 0) is 30.3 Å². The first-order valence-corrected chi connectivity index (χ1v) is 5.64. The minimum Gasteiger partial charge on any atom is -0.389 e. The lowest BCUT2D eigenvalue weighted by atomic mass is 10.2. The molecule has 1 N–H and O–H groups in total. The molecule has 0 aliphatic heterocycles. The van der Waals surface area contributed by atoms with Crippen molar-refractivity contribution in [1.29, 1.82) is 0 Å². The average molecular weight is 236 g/mol. The predicted octanol–water partition coefficient (Wildman–Crippen LogP) is 1.41. The molecule has 0 saturated carbocycles. The van der Waals surface area contributed by atoms with Gasteiger partial charge in [-0.3, -0.25) is 0 Å². The summed E-state index contributed by atoms with van der Waals surface area (Å²) in [4.78, 5) is 4.24. The highest BCUT2D eigenvalue weighted by Crippen LogP contribution is 2.23. The highest BCUT2D eigenvalue weighted by Gasteiger charge is 2.06. The topological polar surface area (TPSA) is 63.8 Å². The van der Waals surface area contributed by atoms with Gasteiger partial charge in [0.05, 0.1) is 6.10 Å². The lowest BCUT2D eigenvalue weighted by Gasteiger charge is -2.04. The van der Waals surface area contributed by atoms with Crippen molar-refractivity contribution in [2.45, 2.75) is 23.2 Å². The van der Waals surface area contributed by atoms with Gasteiger partial charge < -0.3 is 9.67 Å². The second kappa shape index (κ2) is 4.63. The zero-order valence-electron chi connectivity index (χ0n) is 9.03. The van der Waals surface area contributed by atoms with E-state index in [0.717, 1.165) is 15.7 Å². The molecule has 1 unspecified atom stereocenters. The molecule has 0 aliphatic rings. The molecule has 6 heteroatoms. The summed E-state index contributed by atoms with van der Waals surface area (Å²) in [7, 11) is 1.88. The summed E-state index contributed by atoms with van der Waals surface area (Å²) in [6.45, 7) is 1.71. The fourth-order valence-electron chi connectivity index (χ4n) is 1.16. The minimum absolute atomic E-state index is 0.485. The quantitative estimate of drug-likeness (QED) is 0.873. The van der Waals surface area contributed by atoms with E-state index >= 15 is 0 Å². The molecule has 1 atom stereocenters. The molecule has 2 aromatic heterocycles. The summed E-state index contributed by atoms with van der Waals surface area (Å²) in [6.07, 6.45) is 2.83. The largest absolute Gasteiger partial charge is 0.389 e. The Morgan fingerprint density at radius 2 is 2.25 bits per heavy atom. The monoisotopic (exact) mass is 236 g/mol. The van der Waals surface area contributed by atoms with E-state index in [1.54, 1.807) is 19.4 Å². The SMILES string of the molecule is CC(O)c1ccc(Sc2nncn2C)nc1. The molecule has 5 nitrogen and oxygen atoms in total. The van der Waals surface area contributed by atoms with Crippen molar-refractivity contribution in [3.05, 3.63) is 30.2 Å². The van der Waals surface area contributed by atoms with Crippen LogP contribution >= 0.6 is 11.8 Å². The van der Waals surface area contributed by atoms with Crippen molar-refractivity contribution in [3.63, 3.8) is 0 Å². The standard InChI is InChI=1S/C10H12N4OS/c1-7(15)8-3-4-9(11-5-8)16-10-13-12-6-14(10)2/h3-7,15H,1-2H3. The van der Waals surface area contributed by atoms with Crippen molar-refractivity contribution in [3.8, 4) is 0 Å². The van der Waals surface area contributed by atoms with Crippen LogP contribution < -0.4 is 0 Å². The minimum atomic E-state index is -0.485. The van der Waals surface area contributed by atoms with Crippen LogP contribution in [0.25, 0.3) is 0 Å². The Bertz CT molecular complexity index is 466. The van der Waals surface area contributed by atoms with E-state index in [9.17, 15) is 5.11 Å². The number of hydrogen-bond donors (Lipinski definition) is 1. The van der Waals surface area contributed by atoms with Gasteiger partial charge in [0.1, 0.15) is 11.4 Å². The Kier molecular flexibility index (Phi) is 3.21. The summed E-state index contributed by atoms with van der Waals surface area (Å²) in [5.74, 6) is 0. The van der Waals surface area contributed by atoms with Gasteiger partial charge in [-0.2, -0.15) is 0 Å². The molecule has 84 valence electrons. The fraction of sp³-hybridized carbons (Fsp3) is 0.300. The molecular weight excluding hydrogens is 224 g/mol. The van der Waals surface area contributed by atoms with E-state index < -0.39 is 6.10 Å². The Morgan fingerprint density at radius 1 is 1.44 bits per heavy atom. The molecular formula is C10H12N4OS. The number of nitrogens with zero attached hydrogens (tertiary/aromatic N) is 4. The second-order valence-electron chi connectivity index (χ2n) is 3.43. The van der Waals surface area contributed by atoms with Gasteiger partial charge in [-0.25, -0.2) is 4.98 Å². The maximum absolute atomic E-state index is 9.34. The van der Waals surface area contributed by atoms with E-state index in [-0.39, 0.29) is 0 Å². The molecule has 0 saturated heterocycles. The Hall–Kier alpha value is -1.40. The second-order valence-corrected chi connectivity index (χ2v) is 4.42. The van der Waals surface area contributed by atoms with Crippen LogP contribution in [0.4, 0.5) is 0 Å². The lowest BCUT2D eigenvalue weighted by molar-refractivity contribution is 0.198. The Morgan fingerprint density at radius 3 is 2.75 bits per heavy atom. The summed E-state index contributed by atoms with van der Waals surface area (Å²) in [5, 5.41) is 18.7. The predicted molar refractivity (Wildman–Crippen MR) is 60.0 cm³/mol. The first-order valence-electron chi connectivity index (χ1n) is 4.82. The molecule has 0 bridgehead atoms. The molecule has 0 aromatic carbocycles. The van der Waals surface area contributed by atoms with Crippen molar-refractivity contribution >= 4 is 11.8 Å². The number of aromatic nitrogens is 4.